The van der Waals surface area contributed by atoms with Gasteiger partial charge in [0.1, 0.15) is 18.0 Å². The molecule has 12 nitrogen and oxygen atoms in total. The van der Waals surface area contributed by atoms with E-state index in [1.807, 2.05) is 18.7 Å². The number of pyridine rings is 1. The van der Waals surface area contributed by atoms with Crippen LogP contribution in [0.25, 0.3) is 22.2 Å². The third kappa shape index (κ3) is 5.25. The van der Waals surface area contributed by atoms with Crippen LogP contribution in [0.4, 0.5) is 20.3 Å². The third-order valence-corrected chi connectivity index (χ3v) is 7.15. The summed E-state index contributed by atoms with van der Waals surface area (Å²) in [7, 11) is 1.41. The molecule has 0 aliphatic carbocycles. The standard InChI is InChI=1S/C27H26ClF2N7O5/c1-12-7-36(8-13(2)42-12)19-5-18(17(28)6-32-19)34-20(38)10-37-9-16(21-26(37)33-11-35(3)27(21)41)14-4-15(25(31)40)24(39)23(30)22(14)29/h4-6,9,11-13,39H,7-8,10H2,1-3H3,(H2,31,40)(H,32,34,38)/t12-,13+. The molecule has 42 heavy (non-hydrogen) atoms. The number of anilines is 2. The molecule has 1 saturated heterocycles. The van der Waals surface area contributed by atoms with Crippen molar-refractivity contribution in [3.05, 3.63) is 63.4 Å². The molecule has 0 spiro atoms. The number of primary amides is 1. The number of nitrogens with one attached hydrogen (secondary N) is 1. The van der Waals surface area contributed by atoms with Crippen LogP contribution in [0.2, 0.25) is 5.02 Å². The summed E-state index contributed by atoms with van der Waals surface area (Å²) in [5, 5.41) is 12.6. The second kappa shape index (κ2) is 11.0. The van der Waals surface area contributed by atoms with Gasteiger partial charge in [0.05, 0.1) is 46.4 Å². The van der Waals surface area contributed by atoms with E-state index in [0.717, 1.165) is 10.6 Å². The number of nitrogens with zero attached hydrogens (tertiary/aromatic N) is 5. The summed E-state index contributed by atoms with van der Waals surface area (Å²) in [5.74, 6) is -5.68. The first kappa shape index (κ1) is 29.0. The number of benzene rings is 1. The van der Waals surface area contributed by atoms with Gasteiger partial charge in [0, 0.05) is 43.5 Å². The summed E-state index contributed by atoms with van der Waals surface area (Å²) in [6.45, 7) is 4.69. The number of aryl methyl sites for hydroxylation is 1. The minimum Gasteiger partial charge on any atom is -0.504 e. The van der Waals surface area contributed by atoms with E-state index in [-0.39, 0.29) is 39.5 Å². The molecule has 220 valence electrons. The Labute approximate surface area is 242 Å². The number of fused-ring (bicyclic) bond motifs is 1. The van der Waals surface area contributed by atoms with Crippen LogP contribution in [0, 0.1) is 11.6 Å². The number of phenols is 1. The molecule has 1 aliphatic heterocycles. The number of ether oxygens (including phenoxy) is 1. The van der Waals surface area contributed by atoms with Crippen molar-refractivity contribution in [2.24, 2.45) is 12.8 Å². The van der Waals surface area contributed by atoms with Gasteiger partial charge in [0.2, 0.25) is 11.7 Å². The molecule has 15 heteroatoms. The van der Waals surface area contributed by atoms with Gasteiger partial charge in [-0.15, -0.1) is 0 Å². The normalized spacial score (nSPS) is 17.0. The number of rotatable bonds is 6. The van der Waals surface area contributed by atoms with Crippen molar-refractivity contribution in [1.29, 1.82) is 0 Å². The van der Waals surface area contributed by atoms with Gasteiger partial charge in [-0.2, -0.15) is 4.39 Å². The molecule has 5 rings (SSSR count). The highest BCUT2D eigenvalue weighted by Gasteiger charge is 2.27. The quantitative estimate of drug-likeness (QED) is 0.304. The molecule has 2 atom stereocenters. The predicted molar refractivity (Wildman–Crippen MR) is 151 cm³/mol. The molecular formula is C27H26ClF2N7O5. The molecular weight excluding hydrogens is 576 g/mol. The van der Waals surface area contributed by atoms with E-state index in [0.29, 0.717) is 18.9 Å². The largest absolute Gasteiger partial charge is 0.504 e. The summed E-state index contributed by atoms with van der Waals surface area (Å²) in [4.78, 5) is 48.7. The van der Waals surface area contributed by atoms with Crippen molar-refractivity contribution in [3.8, 4) is 16.9 Å². The van der Waals surface area contributed by atoms with E-state index >= 15 is 4.39 Å². The van der Waals surface area contributed by atoms with Crippen LogP contribution in [-0.4, -0.2) is 61.3 Å². The van der Waals surface area contributed by atoms with Gasteiger partial charge < -0.3 is 34.9 Å². The van der Waals surface area contributed by atoms with Crippen LogP contribution < -0.4 is 21.5 Å². The number of nitrogens with two attached hydrogens (primary N) is 1. The average Bonchev–Trinajstić information content (AvgIpc) is 3.28. The minimum absolute atomic E-state index is 0.00503. The minimum atomic E-state index is -1.71. The van der Waals surface area contributed by atoms with Crippen LogP contribution in [-0.2, 0) is 23.1 Å². The molecule has 1 fully saturated rings. The van der Waals surface area contributed by atoms with Gasteiger partial charge in [-0.25, -0.2) is 14.4 Å². The maximum atomic E-state index is 15.1. The van der Waals surface area contributed by atoms with Crippen molar-refractivity contribution < 1.29 is 28.2 Å². The predicted octanol–water partition coefficient (Wildman–Crippen LogP) is 2.79. The Balaban J connectivity index is 1.52. The fourth-order valence-corrected chi connectivity index (χ4v) is 5.15. The lowest BCUT2D eigenvalue weighted by atomic mass is 10.0. The highest BCUT2D eigenvalue weighted by Crippen LogP contribution is 2.36. The topological polar surface area (TPSA) is 158 Å². The van der Waals surface area contributed by atoms with Gasteiger partial charge in [-0.05, 0) is 19.9 Å². The zero-order chi connectivity index (χ0) is 30.5. The zero-order valence-corrected chi connectivity index (χ0v) is 23.4. The van der Waals surface area contributed by atoms with E-state index in [2.05, 4.69) is 15.3 Å². The highest BCUT2D eigenvalue weighted by atomic mass is 35.5. The van der Waals surface area contributed by atoms with Crippen LogP contribution in [0.15, 0.2) is 35.6 Å². The lowest BCUT2D eigenvalue weighted by Crippen LogP contribution is -2.45. The lowest BCUT2D eigenvalue weighted by molar-refractivity contribution is -0.116. The Kier molecular flexibility index (Phi) is 7.60. The van der Waals surface area contributed by atoms with E-state index in [1.165, 1.54) is 30.3 Å². The van der Waals surface area contributed by atoms with Gasteiger partial charge in [0.15, 0.2) is 11.6 Å². The molecule has 3 aromatic heterocycles. The monoisotopic (exact) mass is 601 g/mol. The number of aromatic nitrogens is 4. The Morgan fingerprint density at radius 2 is 1.86 bits per heavy atom. The van der Waals surface area contributed by atoms with Gasteiger partial charge >= 0.3 is 0 Å². The summed E-state index contributed by atoms with van der Waals surface area (Å²) >= 11 is 6.32. The van der Waals surface area contributed by atoms with Gasteiger partial charge in [0.25, 0.3) is 11.5 Å². The first-order chi connectivity index (χ1) is 19.8. The Bertz CT molecular complexity index is 1800. The molecule has 4 heterocycles. The second-order valence-corrected chi connectivity index (χ2v) is 10.5. The first-order valence-corrected chi connectivity index (χ1v) is 13.1. The Hall–Kier alpha value is -4.56. The van der Waals surface area contributed by atoms with Crippen molar-refractivity contribution in [1.82, 2.24) is 19.1 Å². The second-order valence-electron chi connectivity index (χ2n) is 10.1. The number of morpholine rings is 1. The summed E-state index contributed by atoms with van der Waals surface area (Å²) in [6, 6.07) is 2.48. The van der Waals surface area contributed by atoms with E-state index < -0.39 is 52.4 Å². The highest BCUT2D eigenvalue weighted by molar-refractivity contribution is 6.33. The molecule has 4 aromatic rings. The summed E-state index contributed by atoms with van der Waals surface area (Å²) < 4.78 is 37.8. The Morgan fingerprint density at radius 3 is 2.52 bits per heavy atom. The molecule has 4 N–H and O–H groups in total. The fourth-order valence-electron chi connectivity index (χ4n) is 5.00. The first-order valence-electron chi connectivity index (χ1n) is 12.8. The van der Waals surface area contributed by atoms with Crippen molar-refractivity contribution in [2.75, 3.05) is 23.3 Å². The molecule has 1 aromatic carbocycles. The maximum Gasteiger partial charge on any atom is 0.263 e. The summed E-state index contributed by atoms with van der Waals surface area (Å²) in [6.07, 6.45) is 3.82. The Morgan fingerprint density at radius 1 is 1.17 bits per heavy atom. The van der Waals surface area contributed by atoms with Crippen LogP contribution in [0.5, 0.6) is 5.75 Å². The summed E-state index contributed by atoms with van der Waals surface area (Å²) in [5.41, 5.74) is 3.51. The SMILES string of the molecule is C[C@@H]1CN(c2cc(NC(=O)Cn3cc(-c4cc(C(N)=O)c(O)c(F)c4F)c4c(=O)n(C)cnc43)c(Cl)cn2)C[C@H](C)O1. The maximum absolute atomic E-state index is 15.1. The number of carbonyl (C=O) groups excluding carboxylic acids is 2. The molecule has 0 unspecified atom stereocenters. The van der Waals surface area contributed by atoms with Crippen molar-refractivity contribution >= 4 is 46.0 Å². The van der Waals surface area contributed by atoms with E-state index in [4.69, 9.17) is 22.1 Å². The van der Waals surface area contributed by atoms with Gasteiger partial charge in [-0.3, -0.25) is 14.4 Å². The molecule has 2 amide bonds. The number of halogens is 3. The lowest BCUT2D eigenvalue weighted by Gasteiger charge is -2.36. The number of hydrogen-bond donors (Lipinski definition) is 3. The number of aromatic hydroxyl groups is 1. The third-order valence-electron chi connectivity index (χ3n) is 6.85. The smallest absolute Gasteiger partial charge is 0.263 e. The average molecular weight is 602 g/mol. The molecule has 0 bridgehead atoms. The molecule has 1 aliphatic rings. The molecule has 0 radical (unpaired) electrons. The number of hydrogen-bond acceptors (Lipinski definition) is 8. The van der Waals surface area contributed by atoms with Crippen LogP contribution in [0.1, 0.15) is 24.2 Å². The van der Waals surface area contributed by atoms with Gasteiger partial charge in [-0.1, -0.05) is 11.6 Å². The molecule has 0 saturated carbocycles. The number of carbonyl (C=O) groups is 2. The number of amides is 2. The van der Waals surface area contributed by atoms with Crippen molar-refractivity contribution in [3.63, 3.8) is 0 Å². The van der Waals surface area contributed by atoms with Crippen LogP contribution in [0.3, 0.4) is 0 Å². The van der Waals surface area contributed by atoms with E-state index in [9.17, 15) is 23.9 Å². The fraction of sp³-hybridized carbons (Fsp3) is 0.296. The van der Waals surface area contributed by atoms with E-state index in [1.54, 1.807) is 6.07 Å². The zero-order valence-electron chi connectivity index (χ0n) is 22.7. The van der Waals surface area contributed by atoms with Crippen LogP contribution >= 0.6 is 11.6 Å². The van der Waals surface area contributed by atoms with Crippen molar-refractivity contribution in [2.45, 2.75) is 32.6 Å².